The topological polar surface area (TPSA) is 104 Å². The number of nitrogens with zero attached hydrogens (tertiary/aromatic N) is 1. The molecule has 2 atom stereocenters. The zero-order chi connectivity index (χ0) is 15.8. The number of nitrogen functional groups attached to an aromatic ring is 1. The first-order valence-corrected chi connectivity index (χ1v) is 6.81. The minimum atomic E-state index is -1.09. The minimum absolute atomic E-state index is 0.0498. The monoisotopic (exact) mass is 292 g/mol. The summed E-state index contributed by atoms with van der Waals surface area (Å²) in [5, 5.41) is 18.9. The third-order valence-corrected chi connectivity index (χ3v) is 3.99. The largest absolute Gasteiger partial charge is 0.480 e. The first-order valence-electron chi connectivity index (χ1n) is 6.81. The number of carbonyl (C=O) groups is 2. The lowest BCUT2D eigenvalue weighted by atomic mass is 9.83. The van der Waals surface area contributed by atoms with Gasteiger partial charge in [-0.1, -0.05) is 12.1 Å². The smallest absolute Gasteiger partial charge is 0.326 e. The molecule has 4 N–H and O–H groups in total. The molecule has 0 aromatic heterocycles. The standard InChI is InChI=1S/C15H20N2O4/c1-15(2,9-3-5-10(16)6-4-9)14(21)17-8-11(18)7-12(17)13(19)20/h3-6,11-12,18H,7-8,16H2,1-2H3,(H,19,20)/t11-,12-/m0/s1. The number of likely N-dealkylation sites (tertiary alicyclic amines) is 1. The predicted molar refractivity (Wildman–Crippen MR) is 77.6 cm³/mol. The number of β-amino-alcohol motifs (C(OH)–C–C–N with tert-alkyl or cyclic N) is 1. The van der Waals surface area contributed by atoms with Crippen LogP contribution in [-0.2, 0) is 15.0 Å². The van der Waals surface area contributed by atoms with E-state index in [2.05, 4.69) is 0 Å². The van der Waals surface area contributed by atoms with Crippen LogP contribution in [0.25, 0.3) is 0 Å². The van der Waals surface area contributed by atoms with Crippen molar-refractivity contribution in [3.63, 3.8) is 0 Å². The van der Waals surface area contributed by atoms with Crippen LogP contribution in [0.2, 0.25) is 0 Å². The highest BCUT2D eigenvalue weighted by molar-refractivity contribution is 5.91. The van der Waals surface area contributed by atoms with Crippen LogP contribution >= 0.6 is 0 Å². The van der Waals surface area contributed by atoms with Gasteiger partial charge in [0.15, 0.2) is 0 Å². The number of nitrogens with two attached hydrogens (primary N) is 1. The van der Waals surface area contributed by atoms with Crippen molar-refractivity contribution in [2.24, 2.45) is 0 Å². The molecule has 0 unspecified atom stereocenters. The van der Waals surface area contributed by atoms with Crippen LogP contribution in [0.1, 0.15) is 25.8 Å². The number of rotatable bonds is 3. The number of carboxylic acid groups (broad SMARTS) is 1. The Bertz CT molecular complexity index is 553. The number of benzene rings is 1. The molecule has 1 saturated heterocycles. The first-order chi connectivity index (χ1) is 9.73. The number of aliphatic hydroxyl groups excluding tert-OH is 1. The highest BCUT2D eigenvalue weighted by Crippen LogP contribution is 2.30. The second kappa shape index (κ2) is 5.37. The molecule has 0 bridgehead atoms. The highest BCUT2D eigenvalue weighted by Gasteiger charge is 2.44. The Kier molecular flexibility index (Phi) is 3.91. The van der Waals surface area contributed by atoms with Crippen molar-refractivity contribution in [3.05, 3.63) is 29.8 Å². The third-order valence-electron chi connectivity index (χ3n) is 3.99. The molecule has 6 nitrogen and oxygen atoms in total. The number of aliphatic hydroxyl groups is 1. The number of carbonyl (C=O) groups excluding carboxylic acids is 1. The summed E-state index contributed by atoms with van der Waals surface area (Å²) in [6.07, 6.45) is -0.726. The van der Waals surface area contributed by atoms with Crippen molar-refractivity contribution in [3.8, 4) is 0 Å². The van der Waals surface area contributed by atoms with Crippen LogP contribution < -0.4 is 5.73 Å². The molecule has 0 saturated carbocycles. The Morgan fingerprint density at radius 3 is 2.38 bits per heavy atom. The molecule has 6 heteroatoms. The molecule has 114 valence electrons. The van der Waals surface area contributed by atoms with E-state index in [1.807, 2.05) is 0 Å². The summed E-state index contributed by atoms with van der Waals surface area (Å²) in [7, 11) is 0. The molecule has 1 heterocycles. The molecule has 1 aromatic carbocycles. The lowest BCUT2D eigenvalue weighted by Gasteiger charge is -2.32. The van der Waals surface area contributed by atoms with E-state index in [1.54, 1.807) is 38.1 Å². The fraction of sp³-hybridized carbons (Fsp3) is 0.467. The van der Waals surface area contributed by atoms with Crippen molar-refractivity contribution in [2.45, 2.75) is 37.8 Å². The van der Waals surface area contributed by atoms with E-state index in [0.717, 1.165) is 5.56 Å². The molecule has 1 aliphatic rings. The van der Waals surface area contributed by atoms with Gasteiger partial charge in [-0.15, -0.1) is 0 Å². The van der Waals surface area contributed by atoms with Crippen LogP contribution in [0, 0.1) is 0 Å². The second-order valence-corrected chi connectivity index (χ2v) is 5.95. The van der Waals surface area contributed by atoms with Gasteiger partial charge in [0.05, 0.1) is 11.5 Å². The van der Waals surface area contributed by atoms with Crippen LogP contribution in [-0.4, -0.2) is 45.7 Å². The summed E-state index contributed by atoms with van der Waals surface area (Å²) in [6.45, 7) is 3.53. The van der Waals surface area contributed by atoms with E-state index in [-0.39, 0.29) is 18.9 Å². The molecule has 0 spiro atoms. The second-order valence-electron chi connectivity index (χ2n) is 5.95. The molecule has 1 aliphatic heterocycles. The summed E-state index contributed by atoms with van der Waals surface area (Å²) in [5.74, 6) is -1.40. The molecule has 2 rings (SSSR count). The Labute approximate surface area is 123 Å². The first kappa shape index (κ1) is 15.3. The molecular formula is C15H20N2O4. The van der Waals surface area contributed by atoms with Gasteiger partial charge in [-0.05, 0) is 31.5 Å². The zero-order valence-electron chi connectivity index (χ0n) is 12.1. The van der Waals surface area contributed by atoms with Crippen LogP contribution in [0.4, 0.5) is 5.69 Å². The average molecular weight is 292 g/mol. The summed E-state index contributed by atoms with van der Waals surface area (Å²) in [4.78, 5) is 25.2. The van der Waals surface area contributed by atoms with Crippen molar-refractivity contribution in [1.82, 2.24) is 4.90 Å². The van der Waals surface area contributed by atoms with Crippen LogP contribution in [0.15, 0.2) is 24.3 Å². The molecule has 0 aliphatic carbocycles. The van der Waals surface area contributed by atoms with E-state index in [1.165, 1.54) is 4.90 Å². The van der Waals surface area contributed by atoms with Gasteiger partial charge in [0, 0.05) is 18.7 Å². The number of hydrogen-bond donors (Lipinski definition) is 3. The molecule has 1 aromatic rings. The van der Waals surface area contributed by atoms with Gasteiger partial charge < -0.3 is 20.8 Å². The fourth-order valence-corrected chi connectivity index (χ4v) is 2.65. The maximum absolute atomic E-state index is 12.7. The molecule has 1 amide bonds. The average Bonchev–Trinajstić information content (AvgIpc) is 2.80. The molecule has 21 heavy (non-hydrogen) atoms. The Morgan fingerprint density at radius 2 is 1.86 bits per heavy atom. The Morgan fingerprint density at radius 1 is 1.29 bits per heavy atom. The fourth-order valence-electron chi connectivity index (χ4n) is 2.65. The van der Waals surface area contributed by atoms with Gasteiger partial charge in [-0.3, -0.25) is 4.79 Å². The van der Waals surface area contributed by atoms with Crippen molar-refractivity contribution >= 4 is 17.6 Å². The number of hydrogen-bond acceptors (Lipinski definition) is 4. The van der Waals surface area contributed by atoms with Gasteiger partial charge in [-0.25, -0.2) is 4.79 Å². The van der Waals surface area contributed by atoms with Gasteiger partial charge in [0.1, 0.15) is 6.04 Å². The van der Waals surface area contributed by atoms with E-state index in [0.29, 0.717) is 5.69 Å². The van der Waals surface area contributed by atoms with Crippen molar-refractivity contribution < 1.29 is 19.8 Å². The highest BCUT2D eigenvalue weighted by atomic mass is 16.4. The van der Waals surface area contributed by atoms with Gasteiger partial charge in [-0.2, -0.15) is 0 Å². The maximum Gasteiger partial charge on any atom is 0.326 e. The molecule has 1 fully saturated rings. The molecular weight excluding hydrogens is 272 g/mol. The van der Waals surface area contributed by atoms with Gasteiger partial charge in [0.25, 0.3) is 0 Å². The summed E-state index contributed by atoms with van der Waals surface area (Å²) < 4.78 is 0. The Hall–Kier alpha value is -2.08. The summed E-state index contributed by atoms with van der Waals surface area (Å²) in [6, 6.07) is 5.96. The maximum atomic E-state index is 12.7. The zero-order valence-corrected chi connectivity index (χ0v) is 12.1. The van der Waals surface area contributed by atoms with Crippen LogP contribution in [0.5, 0.6) is 0 Å². The van der Waals surface area contributed by atoms with E-state index in [9.17, 15) is 19.8 Å². The lowest BCUT2D eigenvalue weighted by Crippen LogP contribution is -2.48. The number of anilines is 1. The van der Waals surface area contributed by atoms with Crippen LogP contribution in [0.3, 0.4) is 0 Å². The minimum Gasteiger partial charge on any atom is -0.480 e. The van der Waals surface area contributed by atoms with E-state index >= 15 is 0 Å². The van der Waals surface area contributed by atoms with E-state index in [4.69, 9.17) is 5.73 Å². The summed E-state index contributed by atoms with van der Waals surface area (Å²) >= 11 is 0. The number of aliphatic carboxylic acids is 1. The Balaban J connectivity index is 2.29. The third kappa shape index (κ3) is 2.85. The van der Waals surface area contributed by atoms with Gasteiger partial charge >= 0.3 is 5.97 Å². The number of carboxylic acids is 1. The molecule has 0 radical (unpaired) electrons. The van der Waals surface area contributed by atoms with Gasteiger partial charge in [0.2, 0.25) is 5.91 Å². The normalized spacial score (nSPS) is 22.3. The number of amides is 1. The lowest BCUT2D eigenvalue weighted by molar-refractivity contribution is -0.150. The van der Waals surface area contributed by atoms with E-state index < -0.39 is 23.5 Å². The van der Waals surface area contributed by atoms with Crippen molar-refractivity contribution in [2.75, 3.05) is 12.3 Å². The SMILES string of the molecule is CC(C)(C(=O)N1C[C@@H](O)C[C@H]1C(=O)O)c1ccc(N)cc1. The van der Waals surface area contributed by atoms with Crippen molar-refractivity contribution in [1.29, 1.82) is 0 Å². The summed E-state index contributed by atoms with van der Waals surface area (Å²) in [5.41, 5.74) is 6.11. The predicted octanol–water partition coefficient (Wildman–Crippen LogP) is 0.593. The quantitative estimate of drug-likeness (QED) is 0.707.